The van der Waals surface area contributed by atoms with E-state index < -0.39 is 0 Å². The van der Waals surface area contributed by atoms with Crippen LogP contribution >= 0.6 is 0 Å². The van der Waals surface area contributed by atoms with Gasteiger partial charge in [-0.05, 0) is 56.3 Å². The molecule has 32 heavy (non-hydrogen) atoms. The normalized spacial score (nSPS) is 10.7. The Kier molecular flexibility index (Phi) is 6.12. The van der Waals surface area contributed by atoms with Gasteiger partial charge in [0.1, 0.15) is 0 Å². The van der Waals surface area contributed by atoms with Crippen LogP contribution in [0.4, 0.5) is 11.4 Å². The van der Waals surface area contributed by atoms with Crippen molar-refractivity contribution in [2.75, 3.05) is 10.6 Å². The van der Waals surface area contributed by atoms with Gasteiger partial charge in [-0.3, -0.25) is 9.59 Å². The highest BCUT2D eigenvalue weighted by Crippen LogP contribution is 2.18. The van der Waals surface area contributed by atoms with Gasteiger partial charge in [-0.25, -0.2) is 9.67 Å². The van der Waals surface area contributed by atoms with Gasteiger partial charge in [0.2, 0.25) is 5.91 Å². The summed E-state index contributed by atoms with van der Waals surface area (Å²) in [4.78, 5) is 29.0. The number of aromatic nitrogens is 4. The van der Waals surface area contributed by atoms with Crippen LogP contribution in [0.2, 0.25) is 0 Å². The van der Waals surface area contributed by atoms with Gasteiger partial charge < -0.3 is 15.2 Å². The molecule has 0 aliphatic rings. The summed E-state index contributed by atoms with van der Waals surface area (Å²) in [6.45, 7) is 4.47. The average molecular weight is 428 g/mol. The van der Waals surface area contributed by atoms with Crippen molar-refractivity contribution in [2.45, 2.75) is 26.8 Å². The molecule has 0 radical (unpaired) electrons. The molecule has 4 rings (SSSR count). The molecule has 0 fully saturated rings. The lowest BCUT2D eigenvalue weighted by molar-refractivity contribution is -0.116. The molecule has 0 aliphatic carbocycles. The number of benzene rings is 2. The molecule has 2 aromatic carbocycles. The highest BCUT2D eigenvalue weighted by Gasteiger charge is 2.10. The van der Waals surface area contributed by atoms with Crippen LogP contribution in [0.15, 0.2) is 73.3 Å². The number of nitrogens with zero attached hydrogens (tertiary/aromatic N) is 4. The second kappa shape index (κ2) is 9.30. The molecule has 2 amide bonds. The van der Waals surface area contributed by atoms with E-state index in [9.17, 15) is 9.59 Å². The maximum atomic E-state index is 12.8. The zero-order valence-electron chi connectivity index (χ0n) is 17.9. The van der Waals surface area contributed by atoms with Crippen molar-refractivity contribution in [3.05, 3.63) is 90.3 Å². The summed E-state index contributed by atoms with van der Waals surface area (Å²) in [5.41, 5.74) is 4.50. The lowest BCUT2D eigenvalue weighted by Gasteiger charge is -2.10. The first-order valence-electron chi connectivity index (χ1n) is 10.3. The number of imidazole rings is 1. The number of hydrogen-bond donors (Lipinski definition) is 2. The first-order chi connectivity index (χ1) is 15.5. The molecule has 0 bridgehead atoms. The van der Waals surface area contributed by atoms with Gasteiger partial charge in [-0.1, -0.05) is 12.1 Å². The van der Waals surface area contributed by atoms with Crippen LogP contribution in [-0.4, -0.2) is 31.1 Å². The van der Waals surface area contributed by atoms with Gasteiger partial charge in [0.25, 0.3) is 5.91 Å². The fourth-order valence-corrected chi connectivity index (χ4v) is 3.42. The zero-order chi connectivity index (χ0) is 22.5. The maximum absolute atomic E-state index is 12.8. The summed E-state index contributed by atoms with van der Waals surface area (Å²) in [6.07, 6.45) is 5.46. The van der Waals surface area contributed by atoms with E-state index in [0.717, 1.165) is 17.1 Å². The molecular weight excluding hydrogens is 404 g/mol. The van der Waals surface area contributed by atoms with Crippen molar-refractivity contribution in [3.63, 3.8) is 0 Å². The molecule has 0 atom stereocenters. The second-order valence-corrected chi connectivity index (χ2v) is 7.52. The maximum Gasteiger partial charge on any atom is 0.255 e. The van der Waals surface area contributed by atoms with E-state index in [2.05, 4.69) is 20.7 Å². The van der Waals surface area contributed by atoms with Gasteiger partial charge in [-0.15, -0.1) is 0 Å². The third-order valence-electron chi connectivity index (χ3n) is 4.92. The lowest BCUT2D eigenvalue weighted by atomic mass is 10.1. The van der Waals surface area contributed by atoms with Crippen LogP contribution in [0, 0.1) is 13.8 Å². The number of aryl methyl sites for hydroxylation is 3. The first kappa shape index (κ1) is 21.0. The summed E-state index contributed by atoms with van der Waals surface area (Å²) < 4.78 is 3.68. The Balaban J connectivity index is 1.41. The van der Waals surface area contributed by atoms with E-state index >= 15 is 0 Å². The van der Waals surface area contributed by atoms with E-state index in [1.54, 1.807) is 36.8 Å². The zero-order valence-corrected chi connectivity index (χ0v) is 17.9. The van der Waals surface area contributed by atoms with Crippen LogP contribution in [0.3, 0.4) is 0 Å². The van der Waals surface area contributed by atoms with Gasteiger partial charge in [-0.2, -0.15) is 5.10 Å². The van der Waals surface area contributed by atoms with Crippen molar-refractivity contribution >= 4 is 23.2 Å². The van der Waals surface area contributed by atoms with E-state index in [4.69, 9.17) is 0 Å². The lowest BCUT2D eigenvalue weighted by Crippen LogP contribution is -2.16. The molecule has 2 N–H and O–H groups in total. The molecule has 2 heterocycles. The van der Waals surface area contributed by atoms with Gasteiger partial charge >= 0.3 is 0 Å². The summed E-state index contributed by atoms with van der Waals surface area (Å²) in [5.74, 6) is -0.390. The monoisotopic (exact) mass is 428 g/mol. The van der Waals surface area contributed by atoms with E-state index in [1.165, 1.54) is 0 Å². The van der Waals surface area contributed by atoms with Crippen LogP contribution in [0.25, 0.3) is 5.69 Å². The molecule has 162 valence electrons. The molecule has 0 aliphatic heterocycles. The predicted molar refractivity (Wildman–Crippen MR) is 123 cm³/mol. The van der Waals surface area contributed by atoms with Crippen LogP contribution in [0.1, 0.15) is 28.2 Å². The fraction of sp³-hybridized carbons (Fsp3) is 0.167. The number of carbonyl (C=O) groups excluding carboxylic acids is 2. The van der Waals surface area contributed by atoms with Crippen LogP contribution in [-0.2, 0) is 11.3 Å². The molecule has 8 heteroatoms. The van der Waals surface area contributed by atoms with Crippen LogP contribution in [0.5, 0.6) is 0 Å². The quantitative estimate of drug-likeness (QED) is 0.466. The molecule has 0 saturated carbocycles. The number of carbonyl (C=O) groups is 2. The molecule has 8 nitrogen and oxygen atoms in total. The van der Waals surface area contributed by atoms with Crippen molar-refractivity contribution in [3.8, 4) is 5.69 Å². The van der Waals surface area contributed by atoms with Crippen LogP contribution < -0.4 is 10.6 Å². The summed E-state index contributed by atoms with van der Waals surface area (Å²) in [5, 5.41) is 10.2. The standard InChI is InChI=1S/C24H24N6O2/c1-17-13-18(2)30(28-17)22-8-4-7-21(15-22)27-24(32)19-5-3-6-20(14-19)26-23(31)9-11-29-12-10-25-16-29/h3-8,10,12-16H,9,11H2,1-2H3,(H,26,31)(H,27,32). The van der Waals surface area contributed by atoms with E-state index in [1.807, 2.05) is 59.6 Å². The van der Waals surface area contributed by atoms with Crippen molar-refractivity contribution < 1.29 is 9.59 Å². The average Bonchev–Trinajstić information content (AvgIpc) is 3.41. The van der Waals surface area contributed by atoms with Gasteiger partial charge in [0.15, 0.2) is 0 Å². The Morgan fingerprint density at radius 3 is 2.47 bits per heavy atom. The van der Waals surface area contributed by atoms with Gasteiger partial charge in [0.05, 0.1) is 17.7 Å². The second-order valence-electron chi connectivity index (χ2n) is 7.52. The highest BCUT2D eigenvalue weighted by atomic mass is 16.2. The molecule has 0 saturated heterocycles. The van der Waals surface area contributed by atoms with E-state index in [-0.39, 0.29) is 11.8 Å². The third kappa shape index (κ3) is 5.10. The first-order valence-corrected chi connectivity index (χ1v) is 10.3. The topological polar surface area (TPSA) is 93.8 Å². The minimum atomic E-state index is -0.259. The minimum absolute atomic E-state index is 0.131. The number of nitrogens with one attached hydrogen (secondary N) is 2. The number of amides is 2. The number of rotatable bonds is 7. The number of hydrogen-bond acceptors (Lipinski definition) is 4. The highest BCUT2D eigenvalue weighted by molar-refractivity contribution is 6.05. The van der Waals surface area contributed by atoms with Crippen molar-refractivity contribution in [1.29, 1.82) is 0 Å². The Bertz CT molecular complexity index is 1240. The molecule has 0 unspecified atom stereocenters. The molecule has 4 aromatic rings. The minimum Gasteiger partial charge on any atom is -0.337 e. The smallest absolute Gasteiger partial charge is 0.255 e. The SMILES string of the molecule is Cc1cc(C)n(-c2cccc(NC(=O)c3cccc(NC(=O)CCn4ccnc4)c3)c2)n1. The fourth-order valence-electron chi connectivity index (χ4n) is 3.42. The Hall–Kier alpha value is -4.20. The third-order valence-corrected chi connectivity index (χ3v) is 4.92. The van der Waals surface area contributed by atoms with Crippen molar-refractivity contribution in [2.24, 2.45) is 0 Å². The molecule has 2 aromatic heterocycles. The predicted octanol–water partition coefficient (Wildman–Crippen LogP) is 3.97. The van der Waals surface area contributed by atoms with Crippen molar-refractivity contribution in [1.82, 2.24) is 19.3 Å². The summed E-state index contributed by atoms with van der Waals surface area (Å²) in [7, 11) is 0. The summed E-state index contributed by atoms with van der Waals surface area (Å²) >= 11 is 0. The molecular formula is C24H24N6O2. The Labute approximate surface area is 185 Å². The largest absolute Gasteiger partial charge is 0.337 e. The molecule has 0 spiro atoms. The van der Waals surface area contributed by atoms with E-state index in [0.29, 0.717) is 29.9 Å². The Morgan fingerprint density at radius 1 is 0.969 bits per heavy atom. The number of anilines is 2. The Morgan fingerprint density at radius 2 is 1.75 bits per heavy atom. The van der Waals surface area contributed by atoms with Gasteiger partial charge in [0, 0.05) is 48.0 Å². The summed E-state index contributed by atoms with van der Waals surface area (Å²) in [6, 6.07) is 16.4.